The number of nitrogens with zero attached hydrogens (tertiary/aromatic N) is 1. The van der Waals surface area contributed by atoms with Crippen LogP contribution in [0.2, 0.25) is 0 Å². The van der Waals surface area contributed by atoms with Gasteiger partial charge < -0.3 is 14.8 Å². The third-order valence-corrected chi connectivity index (χ3v) is 3.99. The zero-order valence-corrected chi connectivity index (χ0v) is 13.5. The topological polar surface area (TPSA) is 50.8 Å². The molecular weight excluding hydrogens is 280 g/mol. The monoisotopic (exact) mass is 306 g/mol. The molecule has 1 atom stereocenters. The smallest absolute Gasteiger partial charge is 0.246 e. The Kier molecular flexibility index (Phi) is 6.68. The van der Waals surface area contributed by atoms with Crippen LogP contribution in [0.3, 0.4) is 0 Å². The predicted octanol–water partition coefficient (Wildman–Crippen LogP) is 1.98. The van der Waals surface area contributed by atoms with E-state index < -0.39 is 0 Å². The van der Waals surface area contributed by atoms with Crippen molar-refractivity contribution >= 4 is 5.91 Å². The number of rotatable bonds is 8. The van der Waals surface area contributed by atoms with Crippen LogP contribution >= 0.6 is 0 Å². The van der Waals surface area contributed by atoms with Crippen LogP contribution < -0.4 is 10.1 Å². The van der Waals surface area contributed by atoms with E-state index in [0.29, 0.717) is 13.2 Å². The predicted molar refractivity (Wildman–Crippen MR) is 86.0 cm³/mol. The van der Waals surface area contributed by atoms with Crippen molar-refractivity contribution in [2.45, 2.75) is 25.8 Å². The lowest BCUT2D eigenvalue weighted by molar-refractivity contribution is -0.125. The summed E-state index contributed by atoms with van der Waals surface area (Å²) in [4.78, 5) is 14.2. The normalized spacial score (nSPS) is 16.5. The van der Waals surface area contributed by atoms with Gasteiger partial charge in [-0.25, -0.2) is 0 Å². The summed E-state index contributed by atoms with van der Waals surface area (Å²) in [6.45, 7) is 5.31. The van der Waals surface area contributed by atoms with Crippen molar-refractivity contribution in [3.8, 4) is 5.75 Å². The molecule has 1 saturated heterocycles. The Morgan fingerprint density at radius 2 is 2.14 bits per heavy atom. The second kappa shape index (κ2) is 8.76. The first-order chi connectivity index (χ1) is 10.7. The molecule has 22 heavy (non-hydrogen) atoms. The van der Waals surface area contributed by atoms with E-state index in [4.69, 9.17) is 9.47 Å². The fourth-order valence-corrected chi connectivity index (χ4v) is 2.82. The lowest BCUT2D eigenvalue weighted by atomic mass is 10.0. The molecule has 1 fully saturated rings. The molecule has 122 valence electrons. The van der Waals surface area contributed by atoms with Crippen LogP contribution in [0, 0.1) is 0 Å². The number of methoxy groups -OCH3 is 1. The summed E-state index contributed by atoms with van der Waals surface area (Å²) in [7, 11) is 1.67. The van der Waals surface area contributed by atoms with Gasteiger partial charge in [0, 0.05) is 13.2 Å². The maximum Gasteiger partial charge on any atom is 0.246 e. The zero-order valence-electron chi connectivity index (χ0n) is 13.5. The standard InChI is InChI=1S/C17H26N2O3/c1-3-22-13-17(20)18-12-16(19-9-4-5-10-19)14-7-6-8-15(11-14)21-2/h6-8,11,16H,3-5,9-10,12-13H2,1-2H3,(H,18,20). The van der Waals surface area contributed by atoms with Crippen molar-refractivity contribution in [2.75, 3.05) is 40.0 Å². The van der Waals surface area contributed by atoms with Gasteiger partial charge in [-0.1, -0.05) is 12.1 Å². The number of benzene rings is 1. The van der Waals surface area contributed by atoms with Gasteiger partial charge >= 0.3 is 0 Å². The third-order valence-electron chi connectivity index (χ3n) is 3.99. The first kappa shape index (κ1) is 16.8. The molecule has 5 nitrogen and oxygen atoms in total. The molecule has 0 radical (unpaired) electrons. The van der Waals surface area contributed by atoms with E-state index in [-0.39, 0.29) is 18.6 Å². The van der Waals surface area contributed by atoms with Gasteiger partial charge in [0.25, 0.3) is 0 Å². The Morgan fingerprint density at radius 3 is 2.82 bits per heavy atom. The Labute approximate surface area is 132 Å². The van der Waals surface area contributed by atoms with Crippen molar-refractivity contribution in [1.29, 1.82) is 0 Å². The number of nitrogens with one attached hydrogen (secondary N) is 1. The summed E-state index contributed by atoms with van der Waals surface area (Å²) in [6, 6.07) is 8.28. The van der Waals surface area contributed by atoms with Crippen LogP contribution in [0.5, 0.6) is 5.75 Å². The molecule has 1 aliphatic heterocycles. The number of ether oxygens (including phenoxy) is 2. The highest BCUT2D eigenvalue weighted by atomic mass is 16.5. The van der Waals surface area contributed by atoms with Crippen LogP contribution in [0.25, 0.3) is 0 Å². The number of carbonyl (C=O) groups is 1. The molecule has 0 aliphatic carbocycles. The first-order valence-electron chi connectivity index (χ1n) is 7.97. The lowest BCUT2D eigenvalue weighted by Gasteiger charge is -2.28. The number of likely N-dealkylation sites (tertiary alicyclic amines) is 1. The van der Waals surface area contributed by atoms with Crippen molar-refractivity contribution in [3.05, 3.63) is 29.8 Å². The number of amides is 1. The number of carbonyl (C=O) groups excluding carboxylic acids is 1. The fourth-order valence-electron chi connectivity index (χ4n) is 2.82. The van der Waals surface area contributed by atoms with Crippen molar-refractivity contribution in [3.63, 3.8) is 0 Å². The van der Waals surface area contributed by atoms with Crippen molar-refractivity contribution < 1.29 is 14.3 Å². The maximum atomic E-state index is 11.8. The summed E-state index contributed by atoms with van der Waals surface area (Å²) in [6.07, 6.45) is 2.43. The Hall–Kier alpha value is -1.59. The molecule has 1 unspecified atom stereocenters. The average molecular weight is 306 g/mol. The molecule has 0 bridgehead atoms. The Balaban J connectivity index is 2.03. The van der Waals surface area contributed by atoms with Crippen molar-refractivity contribution in [2.24, 2.45) is 0 Å². The summed E-state index contributed by atoms with van der Waals surface area (Å²) in [5, 5.41) is 2.98. The molecule has 1 aromatic rings. The summed E-state index contributed by atoms with van der Waals surface area (Å²) < 4.78 is 10.5. The zero-order chi connectivity index (χ0) is 15.8. The van der Waals surface area contributed by atoms with Gasteiger partial charge in [0.05, 0.1) is 13.2 Å². The minimum Gasteiger partial charge on any atom is -0.497 e. The quantitative estimate of drug-likeness (QED) is 0.798. The Bertz CT molecular complexity index is 473. The highest BCUT2D eigenvalue weighted by molar-refractivity contribution is 5.77. The molecule has 1 heterocycles. The third kappa shape index (κ3) is 4.71. The second-order valence-electron chi connectivity index (χ2n) is 5.48. The number of hydrogen-bond acceptors (Lipinski definition) is 4. The van der Waals surface area contributed by atoms with Gasteiger partial charge in [-0.2, -0.15) is 0 Å². The lowest BCUT2D eigenvalue weighted by Crippen LogP contribution is -2.38. The van der Waals surface area contributed by atoms with Crippen LogP contribution in [0.4, 0.5) is 0 Å². The van der Waals surface area contributed by atoms with Crippen LogP contribution in [-0.4, -0.2) is 50.8 Å². The number of hydrogen-bond donors (Lipinski definition) is 1. The molecule has 1 N–H and O–H groups in total. The van der Waals surface area contributed by atoms with E-state index in [9.17, 15) is 4.79 Å². The first-order valence-corrected chi connectivity index (χ1v) is 7.97. The highest BCUT2D eigenvalue weighted by Gasteiger charge is 2.24. The molecule has 1 aromatic carbocycles. The van der Waals surface area contributed by atoms with Crippen LogP contribution in [0.15, 0.2) is 24.3 Å². The Morgan fingerprint density at radius 1 is 1.36 bits per heavy atom. The molecule has 1 aliphatic rings. The van der Waals surface area contributed by atoms with Gasteiger partial charge in [0.1, 0.15) is 12.4 Å². The average Bonchev–Trinajstić information content (AvgIpc) is 3.07. The minimum absolute atomic E-state index is 0.0612. The molecule has 5 heteroatoms. The van der Waals surface area contributed by atoms with Crippen molar-refractivity contribution in [1.82, 2.24) is 10.2 Å². The van der Waals surface area contributed by atoms with E-state index in [1.165, 1.54) is 18.4 Å². The summed E-state index contributed by atoms with van der Waals surface area (Å²) >= 11 is 0. The van der Waals surface area contributed by atoms with E-state index in [0.717, 1.165) is 18.8 Å². The summed E-state index contributed by atoms with van der Waals surface area (Å²) in [5.74, 6) is 0.788. The largest absolute Gasteiger partial charge is 0.497 e. The van der Waals surface area contributed by atoms with E-state index in [2.05, 4.69) is 22.3 Å². The van der Waals surface area contributed by atoms with E-state index in [1.54, 1.807) is 7.11 Å². The van der Waals surface area contributed by atoms with Crippen LogP contribution in [-0.2, 0) is 9.53 Å². The highest BCUT2D eigenvalue weighted by Crippen LogP contribution is 2.27. The molecule has 0 aromatic heterocycles. The van der Waals surface area contributed by atoms with Gasteiger partial charge in [0.2, 0.25) is 5.91 Å². The molecule has 1 amide bonds. The second-order valence-corrected chi connectivity index (χ2v) is 5.48. The minimum atomic E-state index is -0.0612. The molecule has 0 saturated carbocycles. The van der Waals surface area contributed by atoms with Gasteiger partial charge in [-0.05, 0) is 50.6 Å². The molecule has 2 rings (SSSR count). The van der Waals surface area contributed by atoms with E-state index in [1.807, 2.05) is 19.1 Å². The van der Waals surface area contributed by atoms with Gasteiger partial charge in [-0.3, -0.25) is 9.69 Å². The molecular formula is C17H26N2O3. The van der Waals surface area contributed by atoms with Crippen LogP contribution in [0.1, 0.15) is 31.4 Å². The van der Waals surface area contributed by atoms with E-state index >= 15 is 0 Å². The van der Waals surface area contributed by atoms with Gasteiger partial charge in [-0.15, -0.1) is 0 Å². The SMILES string of the molecule is CCOCC(=O)NCC(c1cccc(OC)c1)N1CCCC1. The summed E-state index contributed by atoms with van der Waals surface area (Å²) in [5.41, 5.74) is 1.18. The maximum absolute atomic E-state index is 11.8. The molecule has 0 spiro atoms. The van der Waals surface area contributed by atoms with Gasteiger partial charge in [0.15, 0.2) is 0 Å². The fraction of sp³-hybridized carbons (Fsp3) is 0.588.